The topological polar surface area (TPSA) is 109 Å². The number of nitrogens with zero attached hydrogens (tertiary/aromatic N) is 12. The van der Waals surface area contributed by atoms with E-state index in [2.05, 4.69) is 230 Å². The molecule has 0 amide bonds. The van der Waals surface area contributed by atoms with Gasteiger partial charge < -0.3 is 41.0 Å². The molecule has 0 aliphatic heterocycles. The number of hydrogen-bond donors (Lipinski definition) is 0. The van der Waals surface area contributed by atoms with Gasteiger partial charge in [0.05, 0.1) is 175 Å². The first-order valence-corrected chi connectivity index (χ1v) is 46.7. The smallest absolute Gasteiger partial charge is 0.237 e. The van der Waals surface area contributed by atoms with Gasteiger partial charge in [-0.25, -0.2) is 9.69 Å². The molecular weight excluding hydrogens is 1730 g/mol. The summed E-state index contributed by atoms with van der Waals surface area (Å²) < 4.78 is 137. The third-order valence-electron chi connectivity index (χ3n) is 28.5. The highest BCUT2D eigenvalue weighted by Crippen LogP contribution is 2.57. The number of nitriles is 2. The molecule has 0 bridgehead atoms. The average molecular weight is 1810 g/mol. The molecule has 10 aromatic heterocycles. The van der Waals surface area contributed by atoms with Crippen molar-refractivity contribution in [1.29, 1.82) is 10.5 Å². The Morgan fingerprint density at radius 3 is 1.00 bits per heavy atom. The molecule has 648 valence electrons. The second kappa shape index (κ2) is 29.6. The Bertz CT molecular complexity index is 11100. The molecule has 0 unspecified atom stereocenters. The number of hydrogen-bond acceptors (Lipinski definition) is 4. The minimum atomic E-state index is -3.16. The van der Waals surface area contributed by atoms with E-state index in [0.717, 1.165) is 135 Å². The third kappa shape index (κ3) is 10.6. The molecule has 0 atom stereocenters. The summed E-state index contributed by atoms with van der Waals surface area (Å²) >= 11 is 1.80. The van der Waals surface area contributed by atoms with Crippen molar-refractivity contribution in [1.82, 2.24) is 36.5 Å². The predicted molar refractivity (Wildman–Crippen MR) is 579 cm³/mol. The quantitative estimate of drug-likeness (QED) is 0.141. The number of benzene rings is 20. The third-order valence-corrected chi connectivity index (χ3v) is 29.7. The highest BCUT2D eigenvalue weighted by Gasteiger charge is 2.39. The van der Waals surface area contributed by atoms with Crippen molar-refractivity contribution < 1.29 is 20.9 Å². The normalized spacial score (nSPS) is 13.3. The highest BCUT2D eigenvalue weighted by molar-refractivity contribution is 7.26. The molecule has 20 aromatic carbocycles. The van der Waals surface area contributed by atoms with Gasteiger partial charge in [0.25, 0.3) is 0 Å². The van der Waals surface area contributed by atoms with Crippen molar-refractivity contribution in [2.24, 2.45) is 0 Å². The van der Waals surface area contributed by atoms with Gasteiger partial charge in [-0.2, -0.15) is 10.5 Å². The molecule has 0 fully saturated rings. The van der Waals surface area contributed by atoms with Crippen LogP contribution in [-0.4, -0.2) is 36.5 Å². The molecule has 140 heavy (non-hydrogen) atoms. The number of furan rings is 1. The Hall–Kier alpha value is -19.2. The maximum atomic E-state index is 12.5. The lowest BCUT2D eigenvalue weighted by Crippen LogP contribution is -2.14. The Morgan fingerprint density at radius 1 is 0.279 bits per heavy atom. The highest BCUT2D eigenvalue weighted by atomic mass is 32.1. The van der Waals surface area contributed by atoms with Gasteiger partial charge >= 0.3 is 0 Å². The van der Waals surface area contributed by atoms with E-state index in [-0.39, 0.29) is 77.7 Å². The Balaban J connectivity index is 0.000000144. The summed E-state index contributed by atoms with van der Waals surface area (Å²) in [6, 6.07) is 116. The predicted octanol–water partition coefficient (Wildman–Crippen LogP) is 33.9. The maximum Gasteiger partial charge on any atom is 0.237 e. The molecule has 0 saturated heterocycles. The first kappa shape index (κ1) is 67.0. The van der Waals surface area contributed by atoms with Gasteiger partial charge in [0.15, 0.2) is 5.58 Å². The van der Waals surface area contributed by atoms with Gasteiger partial charge in [-0.3, -0.25) is 0 Å². The van der Waals surface area contributed by atoms with Gasteiger partial charge in [0, 0.05) is 117 Å². The van der Waals surface area contributed by atoms with Crippen molar-refractivity contribution in [2.45, 2.75) is 13.8 Å². The van der Waals surface area contributed by atoms with Gasteiger partial charge in [-0.15, -0.1) is 11.3 Å². The van der Waals surface area contributed by atoms with Crippen molar-refractivity contribution in [3.05, 3.63) is 445 Å². The lowest BCUT2D eigenvalue weighted by molar-refractivity contribution is 0.671. The molecule has 10 heterocycles. The zero-order valence-corrected chi connectivity index (χ0v) is 74.9. The van der Waals surface area contributed by atoms with Gasteiger partial charge in [-0.1, -0.05) is 296 Å². The van der Waals surface area contributed by atoms with Crippen LogP contribution in [0.5, 0.6) is 0 Å². The van der Waals surface area contributed by atoms with E-state index in [1.807, 2.05) is 171 Å². The van der Waals surface area contributed by atoms with Crippen LogP contribution in [0.1, 0.15) is 38.7 Å². The van der Waals surface area contributed by atoms with E-state index in [1.165, 1.54) is 20.0 Å². The summed E-state index contributed by atoms with van der Waals surface area (Å²) in [5, 5.41) is 39.6. The number of thiophene rings is 1. The van der Waals surface area contributed by atoms with E-state index < -0.39 is 66.8 Å². The molecular formula is C126H72N12OS. The van der Waals surface area contributed by atoms with E-state index in [1.54, 1.807) is 11.3 Å². The van der Waals surface area contributed by atoms with Gasteiger partial charge in [-0.05, 0) is 129 Å². The average Bonchev–Trinajstić information content (AvgIpc) is 1.49. The molecule has 14 heteroatoms. The van der Waals surface area contributed by atoms with E-state index in [4.69, 9.17) is 17.5 Å². The largest absolute Gasteiger partial charge is 0.454 e. The van der Waals surface area contributed by atoms with Crippen molar-refractivity contribution >= 4 is 239 Å². The Morgan fingerprint density at radius 2 is 0.614 bits per heavy atom. The molecule has 0 aliphatic carbocycles. The summed E-state index contributed by atoms with van der Waals surface area (Å²) in [6.45, 7) is 18.4. The van der Waals surface area contributed by atoms with Crippen LogP contribution in [0.25, 0.3) is 272 Å². The number of para-hydroxylation sites is 13. The maximum absolute atomic E-state index is 12.5. The van der Waals surface area contributed by atoms with Crippen LogP contribution in [0, 0.1) is 49.6 Å². The molecule has 0 spiro atoms. The summed E-state index contributed by atoms with van der Waals surface area (Å²) in [5.74, 6) is 0. The minimum absolute atomic E-state index is 0.0301. The van der Waals surface area contributed by atoms with Crippen LogP contribution in [0.4, 0.5) is 11.4 Å². The molecule has 13 nitrogen and oxygen atoms in total. The van der Waals surface area contributed by atoms with Crippen LogP contribution < -0.4 is 0 Å². The number of aromatic nitrogens is 8. The Kier molecular flexibility index (Phi) is 14.2. The van der Waals surface area contributed by atoms with Crippen molar-refractivity contribution in [3.63, 3.8) is 0 Å². The molecule has 0 saturated carbocycles. The van der Waals surface area contributed by atoms with E-state index in [0.29, 0.717) is 61.4 Å². The number of aryl methyl sites for hydroxylation is 1. The lowest BCUT2D eigenvalue weighted by atomic mass is 10.0. The van der Waals surface area contributed by atoms with E-state index >= 15 is 0 Å². The molecule has 0 N–H and O–H groups in total. The van der Waals surface area contributed by atoms with Crippen LogP contribution in [-0.2, 0) is 0 Å². The van der Waals surface area contributed by atoms with Crippen LogP contribution in [0.2, 0.25) is 0 Å². The zero-order valence-electron chi connectivity index (χ0n) is 86.1. The Labute approximate surface area is 818 Å². The van der Waals surface area contributed by atoms with Crippen LogP contribution >= 0.6 is 11.3 Å². The SMILES string of the molecule is [2H]c1c([2H])c([2H])c2c(oc3c2c([2H])c([2H])c2c4c([2H])c(C([2H])([2H])[2H])c([2H])c([2H])c4n(-c4c(-n5c6ccccc6c6ccccc65)c(C#N)c(-n5c6ccccc6c6ccccc65)c([N+]#[C-])c4-n4c5ccccc5c5ccccc54)c32)c1[2H].[C-]#[N+]c1c(-n2c3ccccc3c3ccccc32)c(C#N)c(-n2c3ccccc3c3ccccc32)c(-n2c3ccc(C)cc3c3ccc4c5ccccc5sc4c32)c1-n1c2ccccc2c2ccccc21. The van der Waals surface area contributed by atoms with Crippen LogP contribution in [0.3, 0.4) is 0 Å². The minimum Gasteiger partial charge on any atom is -0.454 e. The monoisotopic (exact) mass is 1810 g/mol. The standard InChI is InChI=1S/C63H36N6O.C63H36N6S/c2*1-37-31-34-55-47(35-37)45-32-33-46-44-23-9-16-30-56(44)70-63(46)60(45)69(55)62-59(67-51-26-12-5-19-40(51)41-20-6-13-27-52(41)67)48(36-64)58(66-49-24-10-3-17-38(49)39-18-4-11-25-50(39)66)57(65-2)61(62)68-53-28-14-7-21-42(53)43-22-8-15-29-54(43)68/h2*3-35H,1H3/i1D3,9D,16D,23D,30D,31D,32D,33D,34D,35D;. The molecule has 30 rings (SSSR count). The summed E-state index contributed by atoms with van der Waals surface area (Å²) in [4.78, 5) is 9.27. The fraction of sp³-hybridized carbons (Fsp3) is 0.0159. The summed E-state index contributed by atoms with van der Waals surface area (Å²) in [7, 11) is 0. The van der Waals surface area contributed by atoms with Crippen molar-refractivity contribution in [3.8, 4) is 57.6 Å². The molecule has 0 aliphatic rings. The van der Waals surface area contributed by atoms with Crippen LogP contribution in [0.15, 0.2) is 405 Å². The van der Waals surface area contributed by atoms with Crippen molar-refractivity contribution in [2.75, 3.05) is 0 Å². The lowest BCUT2D eigenvalue weighted by Gasteiger charge is -2.27. The zero-order chi connectivity index (χ0) is 103. The fourth-order valence-corrected chi connectivity index (χ4v) is 24.2. The van der Waals surface area contributed by atoms with Gasteiger partial charge in [0.2, 0.25) is 11.4 Å². The second-order valence-corrected chi connectivity index (χ2v) is 36.5. The number of rotatable bonds is 8. The van der Waals surface area contributed by atoms with E-state index in [9.17, 15) is 31.9 Å². The summed E-state index contributed by atoms with van der Waals surface area (Å²) in [5.41, 5.74) is 14.2. The first-order chi connectivity index (χ1) is 74.2. The number of fused-ring (bicyclic) bond motifs is 32. The summed E-state index contributed by atoms with van der Waals surface area (Å²) in [6.07, 6.45) is 0. The van der Waals surface area contributed by atoms with Gasteiger partial charge in [0.1, 0.15) is 17.7 Å². The first-order valence-electron chi connectivity index (χ1n) is 51.9. The molecule has 30 aromatic rings. The second-order valence-electron chi connectivity index (χ2n) is 35.5. The fourth-order valence-electron chi connectivity index (χ4n) is 23.0. The molecule has 0 radical (unpaired) electrons.